The standard InChI is InChI=1S/C28H28N4O3.C25H25F3N4O4.C25H25F3N4O3/c1-4-24-23(17-26(33)34)27(32(2)3)31-25(30-24)15-18-9-13-22(14-10-18)29-28(35)21-12-11-19-7-5-6-8-20(19)16-21;1-4-36-24-19(14-21(33)34)22(32(2)3)30-20(31-24)13-15-5-11-18(12-6-15)29-23(35)16-7-9-17(10-8-16)25(26,27)28;1-4-20-19(14-22(33)34)23(32(2)3)31-21(30-20)13-15-5-11-18(12-6-15)29-24(35)16-7-9-17(10-8-16)25(26,27)28/h5-14,16H,4,15,17H2,1-3H3,(H,29,35)(H,33,34);5-12H,4,13-14H2,1-3H3,(H,29,35)(H,33,34);5-12H,4,13-14H2,1-3H3,(H,29,35)(H,33,34). The van der Waals surface area contributed by atoms with Crippen molar-refractivity contribution in [3.05, 3.63) is 254 Å². The Hall–Kier alpha value is -12.4. The smallest absolute Gasteiger partial charge is 0.416 e. The molecule has 0 fully saturated rings. The minimum Gasteiger partial charge on any atom is -0.481 e. The minimum absolute atomic E-state index is 0.0987. The van der Waals surface area contributed by atoms with Crippen LogP contribution in [0.1, 0.15) is 125 Å². The van der Waals surface area contributed by atoms with Gasteiger partial charge >= 0.3 is 30.3 Å². The first-order valence-corrected chi connectivity index (χ1v) is 33.3. The second-order valence-corrected chi connectivity index (χ2v) is 24.8. The topological polar surface area (TPSA) is 295 Å². The van der Waals surface area contributed by atoms with Gasteiger partial charge in [-0.25, -0.2) is 24.9 Å². The third-order valence-corrected chi connectivity index (χ3v) is 16.1. The van der Waals surface area contributed by atoms with E-state index < -0.39 is 53.2 Å². The van der Waals surface area contributed by atoms with Crippen LogP contribution in [0.2, 0.25) is 0 Å². The van der Waals surface area contributed by atoms with Gasteiger partial charge in [0, 0.05) is 118 Å². The number of carboxylic acid groups (broad SMARTS) is 3. The third-order valence-electron chi connectivity index (χ3n) is 16.1. The molecule has 0 radical (unpaired) electrons. The van der Waals surface area contributed by atoms with Crippen LogP contribution in [0.15, 0.2) is 164 Å². The van der Waals surface area contributed by atoms with E-state index in [9.17, 15) is 70.4 Å². The monoisotopic (exact) mass is 1460 g/mol. The molecular weight excluding hydrogens is 1380 g/mol. The number of aryl methyl sites for hydroxylation is 2. The molecule has 3 aromatic heterocycles. The number of hydrogen-bond donors (Lipinski definition) is 6. The van der Waals surface area contributed by atoms with E-state index >= 15 is 0 Å². The fourth-order valence-corrected chi connectivity index (χ4v) is 11.0. The van der Waals surface area contributed by atoms with Crippen molar-refractivity contribution >= 4 is 80.9 Å². The average Bonchev–Trinajstić information content (AvgIpc) is 0.820. The molecule has 7 aromatic carbocycles. The number of nitrogens with zero attached hydrogens (tertiary/aromatic N) is 9. The van der Waals surface area contributed by atoms with Gasteiger partial charge in [0.2, 0.25) is 5.88 Å². The molecule has 6 N–H and O–H groups in total. The zero-order valence-electron chi connectivity index (χ0n) is 59.4. The van der Waals surface area contributed by atoms with E-state index in [-0.39, 0.29) is 42.2 Å². The number of fused-ring (bicyclic) bond motifs is 1. The SMILES string of the molecule is CCOc1nc(Cc2ccc(NC(=O)c3ccc(C(F)(F)F)cc3)cc2)nc(N(C)C)c1CC(=O)O.CCc1nc(Cc2ccc(NC(=O)c3ccc(C(F)(F)F)cc3)cc2)nc(N(C)C)c1CC(=O)O.CCc1nc(Cc2ccc(NC(=O)c3ccc4ccccc4c3)cc2)nc(N(C)C)c1CC(=O)O. The summed E-state index contributed by atoms with van der Waals surface area (Å²) in [7, 11) is 10.8. The van der Waals surface area contributed by atoms with Crippen LogP contribution in [-0.2, 0) is 78.1 Å². The molecule has 10 rings (SSSR count). The number of ether oxygens (including phenoxy) is 1. The molecule has 0 aliphatic heterocycles. The number of aliphatic carboxylic acids is 3. The lowest BCUT2D eigenvalue weighted by Crippen LogP contribution is -2.19. The van der Waals surface area contributed by atoms with E-state index in [2.05, 4.69) is 45.9 Å². The summed E-state index contributed by atoms with van der Waals surface area (Å²) >= 11 is 0. The number of halogens is 6. The van der Waals surface area contributed by atoms with Crippen molar-refractivity contribution in [2.24, 2.45) is 0 Å². The number of amides is 3. The van der Waals surface area contributed by atoms with Gasteiger partial charge in [0.25, 0.3) is 17.7 Å². The van der Waals surface area contributed by atoms with Gasteiger partial charge in [0.1, 0.15) is 34.9 Å². The van der Waals surface area contributed by atoms with Crippen LogP contribution in [0.4, 0.5) is 60.9 Å². The molecule has 0 aliphatic rings. The van der Waals surface area contributed by atoms with Gasteiger partial charge in [-0.2, -0.15) is 31.3 Å². The summed E-state index contributed by atoms with van der Waals surface area (Å²) in [6.07, 6.45) is -7.08. The molecule has 22 nitrogen and oxygen atoms in total. The number of benzene rings is 7. The fraction of sp³-hybridized carbons (Fsp3) is 0.256. The summed E-state index contributed by atoms with van der Waals surface area (Å²) in [5.41, 5.74) is 6.57. The Morgan fingerprint density at radius 3 is 1.05 bits per heavy atom. The molecule has 106 heavy (non-hydrogen) atoms. The molecule has 0 saturated heterocycles. The highest BCUT2D eigenvalue weighted by Gasteiger charge is 2.32. The minimum atomic E-state index is -4.47. The Kier molecular flexibility index (Phi) is 26.7. The Balaban J connectivity index is 0.000000201. The molecule has 552 valence electrons. The number of carbonyl (C=O) groups excluding carboxylic acids is 3. The van der Waals surface area contributed by atoms with Crippen LogP contribution in [0.3, 0.4) is 0 Å². The van der Waals surface area contributed by atoms with Crippen molar-refractivity contribution in [3.8, 4) is 5.88 Å². The molecule has 0 spiro atoms. The van der Waals surface area contributed by atoms with Crippen molar-refractivity contribution in [2.45, 2.75) is 84.5 Å². The predicted molar refractivity (Wildman–Crippen MR) is 391 cm³/mol. The average molecular weight is 1460 g/mol. The Morgan fingerprint density at radius 1 is 0.396 bits per heavy atom. The van der Waals surface area contributed by atoms with E-state index in [4.69, 9.17) is 4.74 Å². The van der Waals surface area contributed by atoms with E-state index in [1.54, 1.807) is 93.4 Å². The summed E-state index contributed by atoms with van der Waals surface area (Å²) in [4.78, 5) is 104. The van der Waals surface area contributed by atoms with Gasteiger partial charge in [-0.05, 0) is 144 Å². The number of nitrogens with one attached hydrogen (secondary N) is 3. The largest absolute Gasteiger partial charge is 0.481 e. The molecule has 0 aliphatic carbocycles. The van der Waals surface area contributed by atoms with Gasteiger partial charge in [0.05, 0.1) is 42.6 Å². The highest BCUT2D eigenvalue weighted by Crippen LogP contribution is 2.33. The summed E-state index contributed by atoms with van der Waals surface area (Å²) in [5.74, 6) is -0.630. The van der Waals surface area contributed by atoms with Crippen LogP contribution >= 0.6 is 0 Å². The molecule has 0 atom stereocenters. The van der Waals surface area contributed by atoms with E-state index in [0.29, 0.717) is 119 Å². The van der Waals surface area contributed by atoms with Crippen molar-refractivity contribution in [3.63, 3.8) is 0 Å². The lowest BCUT2D eigenvalue weighted by atomic mass is 10.1. The van der Waals surface area contributed by atoms with E-state index in [1.165, 1.54) is 0 Å². The van der Waals surface area contributed by atoms with Gasteiger partial charge in [-0.3, -0.25) is 28.8 Å². The van der Waals surface area contributed by atoms with Crippen LogP contribution in [0.25, 0.3) is 10.8 Å². The molecule has 0 saturated carbocycles. The molecular formula is C78H78F6N12O10. The van der Waals surface area contributed by atoms with Crippen molar-refractivity contribution in [2.75, 3.05) is 79.5 Å². The Labute approximate surface area is 607 Å². The normalized spacial score (nSPS) is 11.1. The van der Waals surface area contributed by atoms with Crippen molar-refractivity contribution in [1.82, 2.24) is 29.9 Å². The highest BCUT2D eigenvalue weighted by atomic mass is 19.4. The first-order valence-electron chi connectivity index (χ1n) is 33.3. The summed E-state index contributed by atoms with van der Waals surface area (Å²) in [6, 6.07) is 42.9. The zero-order valence-corrected chi connectivity index (χ0v) is 59.4. The quantitative estimate of drug-likeness (QED) is 0.0290. The fourth-order valence-electron chi connectivity index (χ4n) is 11.0. The summed E-state index contributed by atoms with van der Waals surface area (Å²) in [6.45, 7) is 5.96. The van der Waals surface area contributed by atoms with Gasteiger partial charge in [0.15, 0.2) is 0 Å². The second-order valence-electron chi connectivity index (χ2n) is 24.8. The zero-order chi connectivity index (χ0) is 77.2. The van der Waals surface area contributed by atoms with E-state index in [0.717, 1.165) is 81.7 Å². The number of anilines is 6. The molecule has 0 bridgehead atoms. The second kappa shape index (κ2) is 35.7. The first kappa shape index (κ1) is 79.3. The first-order chi connectivity index (χ1) is 50.3. The Morgan fingerprint density at radius 2 is 0.717 bits per heavy atom. The molecule has 28 heteroatoms. The number of alkyl halides is 6. The number of hydrogen-bond acceptors (Lipinski definition) is 16. The van der Waals surface area contributed by atoms with Crippen LogP contribution in [0, 0.1) is 0 Å². The van der Waals surface area contributed by atoms with E-state index in [1.807, 2.05) is 99.6 Å². The van der Waals surface area contributed by atoms with Crippen LogP contribution in [0.5, 0.6) is 5.88 Å². The van der Waals surface area contributed by atoms with Crippen molar-refractivity contribution in [1.29, 1.82) is 0 Å². The summed E-state index contributed by atoms with van der Waals surface area (Å²) < 4.78 is 81.8. The van der Waals surface area contributed by atoms with Crippen molar-refractivity contribution < 1.29 is 75.2 Å². The lowest BCUT2D eigenvalue weighted by molar-refractivity contribution is -0.138. The predicted octanol–water partition coefficient (Wildman–Crippen LogP) is 13.8. The maximum Gasteiger partial charge on any atom is 0.416 e. The third kappa shape index (κ3) is 22.1. The lowest BCUT2D eigenvalue weighted by Gasteiger charge is -2.19. The number of carbonyl (C=O) groups is 6. The molecule has 3 heterocycles. The maximum atomic E-state index is 12.7. The summed E-state index contributed by atoms with van der Waals surface area (Å²) in [5, 5.41) is 38.2. The van der Waals surface area contributed by atoms with Gasteiger partial charge in [-0.1, -0.05) is 80.6 Å². The molecule has 3 amide bonds. The Bertz CT molecular complexity index is 4770. The van der Waals surface area contributed by atoms with Crippen LogP contribution < -0.4 is 35.4 Å². The maximum absolute atomic E-state index is 12.7. The number of aromatic nitrogens is 6. The highest BCUT2D eigenvalue weighted by molar-refractivity contribution is 6.07. The number of rotatable bonds is 25. The molecule has 0 unspecified atom stereocenters. The number of carboxylic acids is 3. The van der Waals surface area contributed by atoms with Gasteiger partial charge in [-0.15, -0.1) is 0 Å². The molecule has 10 aromatic rings. The van der Waals surface area contributed by atoms with Gasteiger partial charge < -0.3 is 50.7 Å². The van der Waals surface area contributed by atoms with Crippen LogP contribution in [-0.4, -0.2) is 130 Å².